The average Bonchev–Trinajstić information content (AvgIpc) is 2.73. The Labute approximate surface area is 179 Å². The molecule has 0 radical (unpaired) electrons. The largest absolute Gasteiger partial charge is 0.386 e. The summed E-state index contributed by atoms with van der Waals surface area (Å²) in [6.45, 7) is 19.2. The first-order valence-electron chi connectivity index (χ1n) is 11.4. The van der Waals surface area contributed by atoms with Gasteiger partial charge in [0, 0.05) is 18.8 Å². The van der Waals surface area contributed by atoms with E-state index < -0.39 is 0 Å². The van der Waals surface area contributed by atoms with E-state index in [9.17, 15) is 0 Å². The third kappa shape index (κ3) is 9.94. The van der Waals surface area contributed by atoms with Gasteiger partial charge in [-0.1, -0.05) is 63.5 Å². The van der Waals surface area contributed by atoms with Gasteiger partial charge in [-0.3, -0.25) is 4.99 Å². The molecule has 0 bridgehead atoms. The van der Waals surface area contributed by atoms with Crippen LogP contribution in [-0.2, 0) is 12.8 Å². The summed E-state index contributed by atoms with van der Waals surface area (Å²) in [4.78, 5) is 4.06. The summed E-state index contributed by atoms with van der Waals surface area (Å²) in [6.07, 6.45) is 9.81. The normalized spacial score (nSPS) is 11.9. The standard InChI is InChI=1S/C26H43N3/c1-7-17-29-26(22(5)27-6)20-28-18-13-11-9-10-12-14-23-15-16-25(21(3)4)24(8-2)19-23/h15-16,19,28-29H,3,6-14,17-18,20H2,1-2,4-5H3/b26-22-. The molecule has 3 nitrogen and oxygen atoms in total. The highest BCUT2D eigenvalue weighted by Gasteiger charge is 2.04. The van der Waals surface area contributed by atoms with Crippen molar-refractivity contribution in [3.05, 3.63) is 52.9 Å². The van der Waals surface area contributed by atoms with Gasteiger partial charge in [0.1, 0.15) is 0 Å². The van der Waals surface area contributed by atoms with E-state index in [1.165, 1.54) is 66.5 Å². The highest BCUT2D eigenvalue weighted by atomic mass is 15.0. The summed E-state index contributed by atoms with van der Waals surface area (Å²) in [7, 11) is 0. The Kier molecular flexibility index (Phi) is 13.0. The molecule has 0 aliphatic carbocycles. The summed E-state index contributed by atoms with van der Waals surface area (Å²) in [5.74, 6) is 0. The van der Waals surface area contributed by atoms with E-state index >= 15 is 0 Å². The minimum atomic E-state index is 0.852. The SMILES string of the molecule is C=N/C(C)=C(/CNCCCCCCCc1ccc(C(=C)C)c(CC)c1)NCCC. The van der Waals surface area contributed by atoms with E-state index in [2.05, 4.69) is 67.9 Å². The van der Waals surface area contributed by atoms with E-state index in [0.717, 1.165) is 38.2 Å². The predicted molar refractivity (Wildman–Crippen MR) is 131 cm³/mol. The third-order valence-electron chi connectivity index (χ3n) is 5.39. The predicted octanol–water partition coefficient (Wildman–Crippen LogP) is 6.30. The summed E-state index contributed by atoms with van der Waals surface area (Å²) in [6, 6.07) is 6.92. The Bertz CT molecular complexity index is 658. The molecule has 162 valence electrons. The lowest BCUT2D eigenvalue weighted by Gasteiger charge is -2.13. The van der Waals surface area contributed by atoms with Crippen molar-refractivity contribution in [2.45, 2.75) is 79.1 Å². The second-order valence-corrected chi connectivity index (χ2v) is 7.97. The zero-order chi connectivity index (χ0) is 21.5. The monoisotopic (exact) mass is 397 g/mol. The smallest absolute Gasteiger partial charge is 0.0567 e. The minimum absolute atomic E-state index is 0.852. The number of benzene rings is 1. The molecule has 0 saturated heterocycles. The van der Waals surface area contributed by atoms with Crippen LogP contribution in [0.2, 0.25) is 0 Å². The lowest BCUT2D eigenvalue weighted by molar-refractivity contribution is 0.577. The summed E-state index contributed by atoms with van der Waals surface area (Å²) < 4.78 is 0. The number of hydrogen-bond donors (Lipinski definition) is 2. The van der Waals surface area contributed by atoms with Crippen LogP contribution in [0.5, 0.6) is 0 Å². The van der Waals surface area contributed by atoms with Gasteiger partial charge in [-0.2, -0.15) is 0 Å². The zero-order valence-electron chi connectivity index (χ0n) is 19.4. The van der Waals surface area contributed by atoms with Crippen molar-refractivity contribution < 1.29 is 0 Å². The Morgan fingerprint density at radius 1 is 1.00 bits per heavy atom. The number of aryl methyl sites for hydroxylation is 2. The van der Waals surface area contributed by atoms with Crippen LogP contribution in [0, 0.1) is 0 Å². The van der Waals surface area contributed by atoms with Crippen LogP contribution in [0.15, 0.2) is 41.2 Å². The first-order chi connectivity index (χ1) is 14.0. The van der Waals surface area contributed by atoms with Crippen LogP contribution in [-0.4, -0.2) is 26.4 Å². The molecule has 2 N–H and O–H groups in total. The van der Waals surface area contributed by atoms with Crippen LogP contribution < -0.4 is 10.6 Å². The van der Waals surface area contributed by atoms with Gasteiger partial charge in [-0.05, 0) is 75.9 Å². The molecule has 0 unspecified atom stereocenters. The van der Waals surface area contributed by atoms with E-state index in [4.69, 9.17) is 0 Å². The molecule has 29 heavy (non-hydrogen) atoms. The van der Waals surface area contributed by atoms with Crippen LogP contribution in [0.4, 0.5) is 0 Å². The van der Waals surface area contributed by atoms with Crippen molar-refractivity contribution in [2.75, 3.05) is 19.6 Å². The fourth-order valence-corrected chi connectivity index (χ4v) is 3.52. The molecular weight excluding hydrogens is 354 g/mol. The van der Waals surface area contributed by atoms with Gasteiger partial charge in [0.2, 0.25) is 0 Å². The van der Waals surface area contributed by atoms with Gasteiger partial charge in [0.15, 0.2) is 0 Å². The van der Waals surface area contributed by atoms with Gasteiger partial charge >= 0.3 is 0 Å². The molecule has 1 aromatic carbocycles. The van der Waals surface area contributed by atoms with Gasteiger partial charge in [-0.15, -0.1) is 0 Å². The topological polar surface area (TPSA) is 36.4 Å². The Morgan fingerprint density at radius 3 is 2.38 bits per heavy atom. The second-order valence-electron chi connectivity index (χ2n) is 7.97. The Balaban J connectivity index is 2.19. The molecule has 0 spiro atoms. The second kappa shape index (κ2) is 15.0. The first-order valence-corrected chi connectivity index (χ1v) is 11.4. The van der Waals surface area contributed by atoms with Crippen LogP contribution >= 0.6 is 0 Å². The maximum Gasteiger partial charge on any atom is 0.0567 e. The number of unbranched alkanes of at least 4 members (excludes halogenated alkanes) is 4. The zero-order valence-corrected chi connectivity index (χ0v) is 19.4. The van der Waals surface area contributed by atoms with E-state index in [1.54, 1.807) is 0 Å². The van der Waals surface area contributed by atoms with E-state index in [1.807, 2.05) is 6.92 Å². The molecule has 0 amide bonds. The molecule has 3 heteroatoms. The Morgan fingerprint density at radius 2 is 1.72 bits per heavy atom. The molecule has 0 fully saturated rings. The molecule has 0 saturated carbocycles. The third-order valence-corrected chi connectivity index (χ3v) is 5.39. The van der Waals surface area contributed by atoms with Crippen molar-refractivity contribution in [1.82, 2.24) is 10.6 Å². The van der Waals surface area contributed by atoms with Gasteiger partial charge in [-0.25, -0.2) is 0 Å². The van der Waals surface area contributed by atoms with Crippen LogP contribution in [0.25, 0.3) is 5.57 Å². The number of nitrogens with one attached hydrogen (secondary N) is 2. The van der Waals surface area contributed by atoms with Crippen LogP contribution in [0.3, 0.4) is 0 Å². The number of nitrogens with zero attached hydrogens (tertiary/aromatic N) is 1. The number of hydrogen-bond acceptors (Lipinski definition) is 3. The van der Waals surface area contributed by atoms with Gasteiger partial charge in [0.25, 0.3) is 0 Å². The quantitative estimate of drug-likeness (QED) is 0.254. The maximum absolute atomic E-state index is 4.10. The number of aliphatic imine (C=N–C) groups is 1. The minimum Gasteiger partial charge on any atom is -0.386 e. The van der Waals surface area contributed by atoms with Gasteiger partial charge < -0.3 is 10.6 Å². The van der Waals surface area contributed by atoms with E-state index in [-0.39, 0.29) is 0 Å². The van der Waals surface area contributed by atoms with Crippen LogP contribution in [0.1, 0.15) is 82.9 Å². The van der Waals surface area contributed by atoms with Gasteiger partial charge in [0.05, 0.1) is 5.70 Å². The van der Waals surface area contributed by atoms with Crippen molar-refractivity contribution in [2.24, 2.45) is 4.99 Å². The molecule has 0 heterocycles. The van der Waals surface area contributed by atoms with Crippen molar-refractivity contribution >= 4 is 12.3 Å². The lowest BCUT2D eigenvalue weighted by Crippen LogP contribution is -2.27. The van der Waals surface area contributed by atoms with E-state index in [0.29, 0.717) is 0 Å². The fourth-order valence-electron chi connectivity index (χ4n) is 3.52. The summed E-state index contributed by atoms with van der Waals surface area (Å²) in [5.41, 5.74) is 7.57. The fraction of sp³-hybridized carbons (Fsp3) is 0.577. The maximum atomic E-state index is 4.10. The molecule has 0 aromatic heterocycles. The first kappa shape index (κ1) is 25.2. The highest BCUT2D eigenvalue weighted by molar-refractivity contribution is 5.65. The molecule has 1 aromatic rings. The van der Waals surface area contributed by atoms with Crippen molar-refractivity contribution in [3.8, 4) is 0 Å². The molecule has 0 aliphatic heterocycles. The lowest BCUT2D eigenvalue weighted by atomic mass is 9.95. The number of allylic oxidation sites excluding steroid dienone is 2. The molecule has 0 aliphatic rings. The van der Waals surface area contributed by atoms with Crippen molar-refractivity contribution in [1.29, 1.82) is 0 Å². The molecule has 0 atom stereocenters. The Hall–Kier alpha value is -1.87. The number of rotatable bonds is 16. The summed E-state index contributed by atoms with van der Waals surface area (Å²) >= 11 is 0. The summed E-state index contributed by atoms with van der Waals surface area (Å²) in [5, 5.41) is 6.99. The van der Waals surface area contributed by atoms with Crippen molar-refractivity contribution in [3.63, 3.8) is 0 Å². The molecular formula is C26H43N3. The molecule has 1 rings (SSSR count). The average molecular weight is 398 g/mol. The highest BCUT2D eigenvalue weighted by Crippen LogP contribution is 2.21.